The molecule has 2 fully saturated rings. The Morgan fingerprint density at radius 3 is 2.56 bits per heavy atom. The Labute approximate surface area is 222 Å². The van der Waals surface area contributed by atoms with Crippen molar-refractivity contribution in [3.63, 3.8) is 0 Å². The third-order valence-electron chi connectivity index (χ3n) is 7.45. The van der Waals surface area contributed by atoms with Crippen LogP contribution in [0.3, 0.4) is 0 Å². The number of nitrogens with one attached hydrogen (secondary N) is 1. The number of pyridine rings is 1. The van der Waals surface area contributed by atoms with Gasteiger partial charge in [-0.1, -0.05) is 0 Å². The van der Waals surface area contributed by atoms with E-state index in [-0.39, 0.29) is 29.3 Å². The summed E-state index contributed by atoms with van der Waals surface area (Å²) in [5.74, 6) is 2.47. The van der Waals surface area contributed by atoms with Crippen LogP contribution in [0.2, 0.25) is 0 Å². The second-order valence-corrected chi connectivity index (χ2v) is 10.3. The van der Waals surface area contributed by atoms with Crippen LogP contribution in [0, 0.1) is 11.8 Å². The fourth-order valence-electron chi connectivity index (χ4n) is 5.16. The Morgan fingerprint density at radius 1 is 1.10 bits per heavy atom. The van der Waals surface area contributed by atoms with E-state index in [0.717, 1.165) is 40.9 Å². The SMILES string of the molecule is CC(=O)Cn1c(=O)c2c(ncn2C(C)C(=O)Nc2ccnc(-c3ccc(N4CC5CC5C4)nc3)n2)n(C)c1=O. The van der Waals surface area contributed by atoms with Gasteiger partial charge in [0.2, 0.25) is 5.91 Å². The molecule has 1 amide bonds. The van der Waals surface area contributed by atoms with E-state index in [9.17, 15) is 19.2 Å². The van der Waals surface area contributed by atoms with Crippen LogP contribution >= 0.6 is 0 Å². The van der Waals surface area contributed by atoms with Gasteiger partial charge in [-0.15, -0.1) is 0 Å². The van der Waals surface area contributed by atoms with Gasteiger partial charge in [-0.05, 0) is 50.3 Å². The van der Waals surface area contributed by atoms with Gasteiger partial charge in [0.25, 0.3) is 5.56 Å². The van der Waals surface area contributed by atoms with E-state index < -0.39 is 23.2 Å². The van der Waals surface area contributed by atoms with Crippen molar-refractivity contribution in [3.05, 3.63) is 57.8 Å². The van der Waals surface area contributed by atoms with Crippen LogP contribution < -0.4 is 21.5 Å². The minimum Gasteiger partial charge on any atom is -0.356 e. The van der Waals surface area contributed by atoms with Gasteiger partial charge < -0.3 is 14.8 Å². The number of ketones is 1. The van der Waals surface area contributed by atoms with Crippen molar-refractivity contribution in [1.29, 1.82) is 0 Å². The molecule has 200 valence electrons. The van der Waals surface area contributed by atoms with E-state index in [1.807, 2.05) is 12.1 Å². The molecule has 4 aromatic rings. The highest BCUT2D eigenvalue weighted by molar-refractivity contribution is 5.93. The summed E-state index contributed by atoms with van der Waals surface area (Å²) < 4.78 is 3.41. The standard InChI is InChI=1S/C26H27N9O4/c1-14(36)10-34-25(38)21-23(32(3)26(34)39)29-13-35(21)15(2)24(37)31-19-6-7-27-22(30-19)16-4-5-20(28-9-16)33-11-17-8-18(17)12-33/h4-7,9,13,15,17-18H,8,10-12H2,1-3H3,(H,27,30,31,37). The summed E-state index contributed by atoms with van der Waals surface area (Å²) in [4.78, 5) is 70.4. The third-order valence-corrected chi connectivity index (χ3v) is 7.45. The zero-order valence-corrected chi connectivity index (χ0v) is 21.7. The number of aryl methyl sites for hydroxylation is 1. The fraction of sp³-hybridized carbons (Fsp3) is 0.385. The maximum atomic E-state index is 13.2. The second kappa shape index (κ2) is 9.26. The Morgan fingerprint density at radius 2 is 1.87 bits per heavy atom. The van der Waals surface area contributed by atoms with Crippen LogP contribution in [-0.4, -0.2) is 58.4 Å². The van der Waals surface area contributed by atoms with Gasteiger partial charge in [-0.25, -0.2) is 24.7 Å². The molecule has 1 aliphatic heterocycles. The topological polar surface area (TPSA) is 150 Å². The molecule has 1 saturated heterocycles. The maximum Gasteiger partial charge on any atom is 0.332 e. The predicted octanol–water partition coefficient (Wildman–Crippen LogP) is 0.993. The van der Waals surface area contributed by atoms with Gasteiger partial charge in [0.05, 0.1) is 12.9 Å². The van der Waals surface area contributed by atoms with Gasteiger partial charge in [0.1, 0.15) is 23.5 Å². The lowest BCUT2D eigenvalue weighted by atomic mass is 10.2. The molecule has 0 spiro atoms. The zero-order chi connectivity index (χ0) is 27.4. The molecular formula is C26H27N9O4. The maximum absolute atomic E-state index is 13.2. The van der Waals surface area contributed by atoms with Gasteiger partial charge >= 0.3 is 5.69 Å². The molecule has 13 nitrogen and oxygen atoms in total. The van der Waals surface area contributed by atoms with Crippen molar-refractivity contribution in [2.75, 3.05) is 23.3 Å². The largest absolute Gasteiger partial charge is 0.356 e. The number of imidazole rings is 1. The van der Waals surface area contributed by atoms with Crippen LogP contribution in [-0.2, 0) is 23.2 Å². The Hall–Kier alpha value is -4.68. The van der Waals surface area contributed by atoms with E-state index in [0.29, 0.717) is 5.82 Å². The van der Waals surface area contributed by atoms with Crippen molar-refractivity contribution < 1.29 is 9.59 Å². The number of nitrogens with zero attached hydrogens (tertiary/aromatic N) is 8. The summed E-state index contributed by atoms with van der Waals surface area (Å²) in [7, 11) is 1.46. The van der Waals surface area contributed by atoms with Gasteiger partial charge in [-0.3, -0.25) is 23.5 Å². The lowest BCUT2D eigenvalue weighted by Crippen LogP contribution is -2.41. The fourth-order valence-corrected chi connectivity index (χ4v) is 5.16. The van der Waals surface area contributed by atoms with E-state index in [4.69, 9.17) is 0 Å². The number of anilines is 2. The quantitative estimate of drug-likeness (QED) is 0.370. The normalized spacial score (nSPS) is 18.7. The molecule has 6 rings (SSSR count). The number of piperidine rings is 1. The predicted molar refractivity (Wildman–Crippen MR) is 142 cm³/mol. The number of fused-ring (bicyclic) bond motifs is 2. The van der Waals surface area contributed by atoms with Crippen LogP contribution in [0.4, 0.5) is 11.6 Å². The highest BCUT2D eigenvalue weighted by atomic mass is 16.2. The van der Waals surface area contributed by atoms with Crippen LogP contribution in [0.1, 0.15) is 26.3 Å². The first kappa shape index (κ1) is 24.6. The van der Waals surface area contributed by atoms with Crippen LogP contribution in [0.25, 0.3) is 22.6 Å². The lowest BCUT2D eigenvalue weighted by Gasteiger charge is -2.18. The van der Waals surface area contributed by atoms with E-state index >= 15 is 0 Å². The summed E-state index contributed by atoms with van der Waals surface area (Å²) >= 11 is 0. The van der Waals surface area contributed by atoms with Crippen molar-refractivity contribution >= 4 is 34.5 Å². The number of Topliss-reactive ketones (excluding diaryl/α,β-unsaturated/α-hetero) is 1. The lowest BCUT2D eigenvalue weighted by molar-refractivity contribution is -0.119. The average molecular weight is 530 g/mol. The molecule has 0 radical (unpaired) electrons. The second-order valence-electron chi connectivity index (χ2n) is 10.3. The van der Waals surface area contributed by atoms with Gasteiger partial charge in [-0.2, -0.15) is 0 Å². The molecular weight excluding hydrogens is 502 g/mol. The highest BCUT2D eigenvalue weighted by Crippen LogP contribution is 2.45. The van der Waals surface area contributed by atoms with Gasteiger partial charge in [0.15, 0.2) is 17.0 Å². The van der Waals surface area contributed by atoms with Crippen molar-refractivity contribution in [1.82, 2.24) is 33.6 Å². The molecule has 2 aliphatic rings. The molecule has 3 unspecified atom stereocenters. The number of rotatable bonds is 7. The average Bonchev–Trinajstić information content (AvgIpc) is 3.31. The number of hydrogen-bond acceptors (Lipinski definition) is 9. The summed E-state index contributed by atoms with van der Waals surface area (Å²) in [6.07, 6.45) is 5.94. The number of carbonyl (C=O) groups is 2. The minimum absolute atomic E-state index is 0.0471. The smallest absolute Gasteiger partial charge is 0.332 e. The molecule has 1 N–H and O–H groups in total. The zero-order valence-electron chi connectivity index (χ0n) is 21.7. The van der Waals surface area contributed by atoms with Gasteiger partial charge in [0, 0.05) is 38.1 Å². The Bertz CT molecular complexity index is 1730. The van der Waals surface area contributed by atoms with Crippen molar-refractivity contribution in [2.45, 2.75) is 32.9 Å². The molecule has 0 aromatic carbocycles. The highest BCUT2D eigenvalue weighted by Gasteiger charge is 2.45. The molecule has 39 heavy (non-hydrogen) atoms. The monoisotopic (exact) mass is 529 g/mol. The molecule has 1 aliphatic carbocycles. The van der Waals surface area contributed by atoms with Crippen molar-refractivity contribution in [3.8, 4) is 11.4 Å². The number of carbonyl (C=O) groups excluding carboxylic acids is 2. The summed E-state index contributed by atoms with van der Waals surface area (Å²) in [6, 6.07) is 4.58. The first-order chi connectivity index (χ1) is 18.7. The number of amides is 1. The molecule has 5 heterocycles. The summed E-state index contributed by atoms with van der Waals surface area (Å²) in [5, 5.41) is 2.76. The summed E-state index contributed by atoms with van der Waals surface area (Å²) in [6.45, 7) is 4.63. The van der Waals surface area contributed by atoms with Crippen LogP contribution in [0.15, 0.2) is 46.5 Å². The molecule has 13 heteroatoms. The minimum atomic E-state index is -0.878. The third kappa shape index (κ3) is 4.39. The number of aromatic nitrogens is 7. The van der Waals surface area contributed by atoms with E-state index in [2.05, 4.69) is 30.2 Å². The van der Waals surface area contributed by atoms with E-state index in [1.54, 1.807) is 25.4 Å². The van der Waals surface area contributed by atoms with Crippen LogP contribution in [0.5, 0.6) is 0 Å². The first-order valence-electron chi connectivity index (χ1n) is 12.7. The molecule has 4 aromatic heterocycles. The molecule has 1 saturated carbocycles. The van der Waals surface area contributed by atoms with E-state index in [1.165, 1.54) is 35.9 Å². The molecule has 0 bridgehead atoms. The number of hydrogen-bond donors (Lipinski definition) is 1. The summed E-state index contributed by atoms with van der Waals surface area (Å²) in [5.41, 5.74) is -0.453. The van der Waals surface area contributed by atoms with Crippen molar-refractivity contribution in [2.24, 2.45) is 18.9 Å². The molecule has 3 atom stereocenters. The Balaban J connectivity index is 1.23. The Kier molecular flexibility index (Phi) is 5.85. The first-order valence-corrected chi connectivity index (χ1v) is 12.7.